The first-order valence-electron chi connectivity index (χ1n) is 5.02. The number of carbonyl (C=O) groups is 1. The fourth-order valence-electron chi connectivity index (χ4n) is 1.68. The number of aliphatic hydroxyl groups excluding tert-OH is 1. The van der Waals surface area contributed by atoms with E-state index in [1.807, 2.05) is 30.3 Å². The summed E-state index contributed by atoms with van der Waals surface area (Å²) in [5.74, 6) is 0.0687. The van der Waals surface area contributed by atoms with E-state index >= 15 is 0 Å². The Balaban J connectivity index is 2.67. The largest absolute Gasteiger partial charge is 0.426 e. The van der Waals surface area contributed by atoms with Crippen molar-refractivity contribution in [2.24, 2.45) is 0 Å². The van der Waals surface area contributed by atoms with Crippen molar-refractivity contribution in [3.63, 3.8) is 0 Å². The highest BCUT2D eigenvalue weighted by atomic mass is 16.5. The maximum absolute atomic E-state index is 11.0. The highest BCUT2D eigenvalue weighted by Gasteiger charge is 2.09. The lowest BCUT2D eigenvalue weighted by Gasteiger charge is -2.10. The molecular weight excluding hydrogens is 204 g/mol. The summed E-state index contributed by atoms with van der Waals surface area (Å²) in [6.45, 7) is 1.20. The Kier molecular flexibility index (Phi) is 2.88. The van der Waals surface area contributed by atoms with Crippen molar-refractivity contribution in [3.8, 4) is 5.75 Å². The van der Waals surface area contributed by atoms with E-state index in [0.717, 1.165) is 10.8 Å². The van der Waals surface area contributed by atoms with Gasteiger partial charge in [0.1, 0.15) is 5.75 Å². The first-order chi connectivity index (χ1) is 7.72. The van der Waals surface area contributed by atoms with Crippen molar-refractivity contribution < 1.29 is 14.6 Å². The van der Waals surface area contributed by atoms with Crippen LogP contribution in [0.5, 0.6) is 5.75 Å². The van der Waals surface area contributed by atoms with Crippen LogP contribution in [-0.4, -0.2) is 11.1 Å². The molecule has 82 valence electrons. The number of carbonyl (C=O) groups excluding carboxylic acids is 1. The first kappa shape index (κ1) is 10.6. The van der Waals surface area contributed by atoms with E-state index in [1.165, 1.54) is 6.92 Å². The summed E-state index contributed by atoms with van der Waals surface area (Å²) in [5.41, 5.74) is 0.619. The lowest BCUT2D eigenvalue weighted by Crippen LogP contribution is -2.04. The van der Waals surface area contributed by atoms with Gasteiger partial charge in [-0.25, -0.2) is 0 Å². The van der Waals surface area contributed by atoms with E-state index in [0.29, 0.717) is 11.3 Å². The monoisotopic (exact) mass is 216 g/mol. The van der Waals surface area contributed by atoms with Gasteiger partial charge in [-0.05, 0) is 5.39 Å². The summed E-state index contributed by atoms with van der Waals surface area (Å²) in [6, 6.07) is 11.2. The molecule has 0 heterocycles. The van der Waals surface area contributed by atoms with E-state index < -0.39 is 0 Å². The van der Waals surface area contributed by atoms with Gasteiger partial charge < -0.3 is 9.84 Å². The number of fused-ring (bicyclic) bond motifs is 1. The lowest BCUT2D eigenvalue weighted by atomic mass is 10.1. The van der Waals surface area contributed by atoms with Crippen LogP contribution in [0.15, 0.2) is 36.4 Å². The molecule has 0 saturated heterocycles. The Morgan fingerprint density at radius 1 is 1.25 bits per heavy atom. The number of benzene rings is 2. The van der Waals surface area contributed by atoms with Crippen LogP contribution >= 0.6 is 0 Å². The lowest BCUT2D eigenvalue weighted by molar-refractivity contribution is -0.131. The molecule has 0 radical (unpaired) electrons. The second kappa shape index (κ2) is 4.33. The molecule has 0 unspecified atom stereocenters. The molecule has 0 aliphatic rings. The van der Waals surface area contributed by atoms with Crippen molar-refractivity contribution >= 4 is 16.7 Å². The van der Waals surface area contributed by atoms with Gasteiger partial charge in [-0.2, -0.15) is 0 Å². The van der Waals surface area contributed by atoms with Crippen LogP contribution < -0.4 is 4.74 Å². The van der Waals surface area contributed by atoms with Crippen molar-refractivity contribution in [2.45, 2.75) is 13.5 Å². The Morgan fingerprint density at radius 3 is 2.69 bits per heavy atom. The molecule has 2 aromatic carbocycles. The van der Waals surface area contributed by atoms with Crippen molar-refractivity contribution in [1.29, 1.82) is 0 Å². The van der Waals surface area contributed by atoms with Crippen LogP contribution in [0.1, 0.15) is 12.5 Å². The molecule has 16 heavy (non-hydrogen) atoms. The maximum atomic E-state index is 11.0. The minimum atomic E-state index is -0.383. The van der Waals surface area contributed by atoms with Crippen molar-refractivity contribution in [2.75, 3.05) is 0 Å². The minimum absolute atomic E-state index is 0.145. The molecule has 1 N–H and O–H groups in total. The van der Waals surface area contributed by atoms with E-state index in [2.05, 4.69) is 0 Å². The highest BCUT2D eigenvalue weighted by molar-refractivity contribution is 5.91. The fraction of sp³-hybridized carbons (Fsp3) is 0.154. The average molecular weight is 216 g/mol. The Hall–Kier alpha value is -1.87. The van der Waals surface area contributed by atoms with Crippen LogP contribution in [0.25, 0.3) is 10.8 Å². The summed E-state index contributed by atoms with van der Waals surface area (Å²) in [6.07, 6.45) is 0. The Labute approximate surface area is 93.3 Å². The predicted octanol–water partition coefficient (Wildman–Crippen LogP) is 2.26. The topological polar surface area (TPSA) is 46.5 Å². The summed E-state index contributed by atoms with van der Waals surface area (Å²) >= 11 is 0. The third kappa shape index (κ3) is 1.90. The summed E-state index contributed by atoms with van der Waals surface area (Å²) in [4.78, 5) is 11.0. The van der Waals surface area contributed by atoms with E-state index in [9.17, 15) is 9.90 Å². The molecule has 0 fully saturated rings. The predicted molar refractivity (Wildman–Crippen MR) is 61.2 cm³/mol. The second-order valence-electron chi connectivity index (χ2n) is 3.53. The molecule has 0 saturated carbocycles. The molecule has 0 bridgehead atoms. The number of aliphatic hydroxyl groups is 1. The quantitative estimate of drug-likeness (QED) is 0.618. The van der Waals surface area contributed by atoms with Crippen molar-refractivity contribution in [1.82, 2.24) is 0 Å². The Bertz CT molecular complexity index is 532. The van der Waals surface area contributed by atoms with Crippen LogP contribution in [0.2, 0.25) is 0 Å². The molecular formula is C13H12O3. The second-order valence-corrected chi connectivity index (χ2v) is 3.53. The van der Waals surface area contributed by atoms with Gasteiger partial charge in [-0.1, -0.05) is 36.4 Å². The van der Waals surface area contributed by atoms with Crippen LogP contribution in [-0.2, 0) is 11.4 Å². The molecule has 0 aliphatic carbocycles. The number of ether oxygens (including phenoxy) is 1. The zero-order chi connectivity index (χ0) is 11.5. The van der Waals surface area contributed by atoms with Gasteiger partial charge in [0.05, 0.1) is 6.61 Å². The maximum Gasteiger partial charge on any atom is 0.308 e. The smallest absolute Gasteiger partial charge is 0.308 e. The molecule has 2 aromatic rings. The number of hydrogen-bond acceptors (Lipinski definition) is 3. The van der Waals surface area contributed by atoms with E-state index in [1.54, 1.807) is 6.07 Å². The summed E-state index contributed by atoms with van der Waals surface area (Å²) in [7, 11) is 0. The van der Waals surface area contributed by atoms with Gasteiger partial charge in [-0.15, -0.1) is 0 Å². The van der Waals surface area contributed by atoms with Crippen LogP contribution in [0.4, 0.5) is 0 Å². The third-order valence-corrected chi connectivity index (χ3v) is 2.38. The molecule has 0 spiro atoms. The van der Waals surface area contributed by atoms with E-state index in [-0.39, 0.29) is 12.6 Å². The van der Waals surface area contributed by atoms with E-state index in [4.69, 9.17) is 4.74 Å². The van der Waals surface area contributed by atoms with Gasteiger partial charge in [-0.3, -0.25) is 4.79 Å². The van der Waals surface area contributed by atoms with Gasteiger partial charge in [0.15, 0.2) is 0 Å². The minimum Gasteiger partial charge on any atom is -0.426 e. The summed E-state index contributed by atoms with van der Waals surface area (Å²) in [5, 5.41) is 11.0. The van der Waals surface area contributed by atoms with Crippen LogP contribution in [0, 0.1) is 0 Å². The third-order valence-electron chi connectivity index (χ3n) is 2.38. The molecule has 3 heteroatoms. The Morgan fingerprint density at radius 2 is 2.00 bits per heavy atom. The zero-order valence-electron chi connectivity index (χ0n) is 8.93. The van der Waals surface area contributed by atoms with Crippen LogP contribution in [0.3, 0.4) is 0 Å². The molecule has 3 nitrogen and oxygen atoms in total. The molecule has 0 aliphatic heterocycles. The first-order valence-corrected chi connectivity index (χ1v) is 5.02. The fourth-order valence-corrected chi connectivity index (χ4v) is 1.68. The normalized spacial score (nSPS) is 10.4. The number of rotatable bonds is 2. The zero-order valence-corrected chi connectivity index (χ0v) is 8.93. The molecule has 0 amide bonds. The molecule has 0 aromatic heterocycles. The van der Waals surface area contributed by atoms with Gasteiger partial charge in [0.25, 0.3) is 0 Å². The summed E-state index contributed by atoms with van der Waals surface area (Å²) < 4.78 is 5.15. The van der Waals surface area contributed by atoms with Crippen molar-refractivity contribution in [3.05, 3.63) is 42.0 Å². The molecule has 0 atom stereocenters. The van der Waals surface area contributed by atoms with Gasteiger partial charge >= 0.3 is 5.97 Å². The number of hydrogen-bond donors (Lipinski definition) is 1. The highest BCUT2D eigenvalue weighted by Crippen LogP contribution is 2.30. The number of esters is 1. The van der Waals surface area contributed by atoms with Gasteiger partial charge in [0.2, 0.25) is 0 Å². The molecule has 2 rings (SSSR count). The van der Waals surface area contributed by atoms with Gasteiger partial charge in [0, 0.05) is 17.9 Å². The average Bonchev–Trinajstić information content (AvgIpc) is 2.29. The standard InChI is InChI=1S/C13H12O3/c1-9(15)16-13-11(8-14)7-6-10-4-2-3-5-12(10)13/h2-7,14H,8H2,1H3. The SMILES string of the molecule is CC(=O)Oc1c(CO)ccc2ccccc12.